The third kappa shape index (κ3) is 5.91. The number of benzene rings is 1. The lowest BCUT2D eigenvalue weighted by Gasteiger charge is -2.14. The predicted molar refractivity (Wildman–Crippen MR) is 75.5 cm³/mol. The van der Waals surface area contributed by atoms with Gasteiger partial charge in [-0.15, -0.1) is 0 Å². The number of aliphatic carboxylic acids is 1. The van der Waals surface area contributed by atoms with Gasteiger partial charge >= 0.3 is 5.97 Å². The summed E-state index contributed by atoms with van der Waals surface area (Å²) in [4.78, 5) is 22.9. The molecule has 0 aliphatic rings. The summed E-state index contributed by atoms with van der Waals surface area (Å²) in [5, 5.41) is 11.8. The van der Waals surface area contributed by atoms with E-state index in [1.807, 2.05) is 6.92 Å². The fourth-order valence-electron chi connectivity index (χ4n) is 1.80. The number of carbonyl (C=O) groups excluding carboxylic acids is 1. The number of ether oxygens (including phenoxy) is 1. The molecule has 1 aromatic rings. The minimum Gasteiger partial charge on any atom is -0.481 e. The van der Waals surface area contributed by atoms with Crippen LogP contribution in [0.5, 0.6) is 0 Å². The van der Waals surface area contributed by atoms with E-state index in [1.54, 1.807) is 7.11 Å². The first-order valence-electron chi connectivity index (χ1n) is 6.71. The average Bonchev–Trinajstić information content (AvgIpc) is 2.46. The minimum atomic E-state index is -1.06. The standard InChI is InChI=1S/C15H20FNO4/c1-10(21-2)3-8-14(18)17-9-13(15(19)20)11-4-6-12(16)7-5-11/h4-7,10,13H,3,8-9H2,1-2H3,(H,17,18)(H,19,20). The van der Waals surface area contributed by atoms with Gasteiger partial charge in [0.05, 0.1) is 12.0 Å². The second kappa shape index (κ2) is 8.36. The third-order valence-electron chi connectivity index (χ3n) is 3.25. The van der Waals surface area contributed by atoms with Gasteiger partial charge in [0, 0.05) is 20.1 Å². The van der Waals surface area contributed by atoms with Crippen molar-refractivity contribution in [2.75, 3.05) is 13.7 Å². The molecule has 0 heterocycles. The molecule has 116 valence electrons. The van der Waals surface area contributed by atoms with E-state index >= 15 is 0 Å². The van der Waals surface area contributed by atoms with E-state index < -0.39 is 17.7 Å². The van der Waals surface area contributed by atoms with Crippen molar-refractivity contribution in [3.8, 4) is 0 Å². The molecule has 5 nitrogen and oxygen atoms in total. The highest BCUT2D eigenvalue weighted by molar-refractivity contribution is 5.79. The van der Waals surface area contributed by atoms with Crippen molar-refractivity contribution in [1.82, 2.24) is 5.32 Å². The summed E-state index contributed by atoms with van der Waals surface area (Å²) < 4.78 is 17.9. The Morgan fingerprint density at radius 3 is 2.48 bits per heavy atom. The second-order valence-corrected chi connectivity index (χ2v) is 4.83. The fraction of sp³-hybridized carbons (Fsp3) is 0.467. The largest absolute Gasteiger partial charge is 0.481 e. The van der Waals surface area contributed by atoms with Crippen LogP contribution < -0.4 is 5.32 Å². The smallest absolute Gasteiger partial charge is 0.312 e. The summed E-state index contributed by atoms with van der Waals surface area (Å²) >= 11 is 0. The van der Waals surface area contributed by atoms with Crippen LogP contribution in [0.25, 0.3) is 0 Å². The van der Waals surface area contributed by atoms with Gasteiger partial charge in [-0.3, -0.25) is 9.59 Å². The Morgan fingerprint density at radius 1 is 1.33 bits per heavy atom. The van der Waals surface area contributed by atoms with Crippen LogP contribution in [0.4, 0.5) is 4.39 Å². The second-order valence-electron chi connectivity index (χ2n) is 4.83. The van der Waals surface area contributed by atoms with E-state index in [0.717, 1.165) is 0 Å². The summed E-state index contributed by atoms with van der Waals surface area (Å²) in [6.07, 6.45) is 0.810. The first kappa shape index (κ1) is 17.1. The van der Waals surface area contributed by atoms with Crippen LogP contribution in [0.2, 0.25) is 0 Å². The molecule has 0 aromatic heterocycles. The Bertz CT molecular complexity index is 475. The molecule has 0 aliphatic carbocycles. The molecule has 0 bridgehead atoms. The Balaban J connectivity index is 2.54. The van der Waals surface area contributed by atoms with Gasteiger partial charge in [-0.1, -0.05) is 12.1 Å². The molecule has 0 spiro atoms. The van der Waals surface area contributed by atoms with Gasteiger partial charge < -0.3 is 15.2 Å². The van der Waals surface area contributed by atoms with Crippen molar-refractivity contribution in [3.63, 3.8) is 0 Å². The third-order valence-corrected chi connectivity index (χ3v) is 3.25. The number of hydrogen-bond acceptors (Lipinski definition) is 3. The van der Waals surface area contributed by atoms with Crippen LogP contribution in [0.3, 0.4) is 0 Å². The van der Waals surface area contributed by atoms with Crippen molar-refractivity contribution in [2.24, 2.45) is 0 Å². The molecule has 2 N–H and O–H groups in total. The van der Waals surface area contributed by atoms with Crippen molar-refractivity contribution >= 4 is 11.9 Å². The van der Waals surface area contributed by atoms with E-state index in [9.17, 15) is 19.1 Å². The number of carbonyl (C=O) groups is 2. The molecule has 2 atom stereocenters. The Labute approximate surface area is 123 Å². The van der Waals surface area contributed by atoms with Gasteiger partial charge in [0.1, 0.15) is 5.82 Å². The maximum atomic E-state index is 12.8. The van der Waals surface area contributed by atoms with E-state index in [4.69, 9.17) is 4.74 Å². The van der Waals surface area contributed by atoms with Gasteiger partial charge in [-0.2, -0.15) is 0 Å². The molecule has 0 aliphatic heterocycles. The van der Waals surface area contributed by atoms with Gasteiger partial charge in [-0.25, -0.2) is 4.39 Å². The predicted octanol–water partition coefficient (Wildman–Crippen LogP) is 1.93. The molecular formula is C15H20FNO4. The topological polar surface area (TPSA) is 75.6 Å². The van der Waals surface area contributed by atoms with Crippen molar-refractivity contribution < 1.29 is 23.8 Å². The molecule has 21 heavy (non-hydrogen) atoms. The highest BCUT2D eigenvalue weighted by Crippen LogP contribution is 2.16. The normalized spacial score (nSPS) is 13.5. The van der Waals surface area contributed by atoms with E-state index in [2.05, 4.69) is 5.32 Å². The summed E-state index contributed by atoms with van der Waals surface area (Å²) in [5.74, 6) is -2.62. The molecule has 0 radical (unpaired) electrons. The Kier molecular flexibility index (Phi) is 6.81. The number of carboxylic acids is 1. The monoisotopic (exact) mass is 297 g/mol. The summed E-state index contributed by atoms with van der Waals surface area (Å²) in [5.41, 5.74) is 0.453. The highest BCUT2D eigenvalue weighted by Gasteiger charge is 2.20. The zero-order valence-electron chi connectivity index (χ0n) is 12.1. The lowest BCUT2D eigenvalue weighted by atomic mass is 9.99. The molecule has 0 fully saturated rings. The molecule has 0 saturated carbocycles. The van der Waals surface area contributed by atoms with Gasteiger partial charge in [0.25, 0.3) is 0 Å². The SMILES string of the molecule is COC(C)CCC(=O)NCC(C(=O)O)c1ccc(F)cc1. The van der Waals surface area contributed by atoms with E-state index in [-0.39, 0.29) is 25.0 Å². The highest BCUT2D eigenvalue weighted by atomic mass is 19.1. The van der Waals surface area contributed by atoms with Gasteiger partial charge in [0.2, 0.25) is 5.91 Å². The van der Waals surface area contributed by atoms with Crippen LogP contribution in [-0.2, 0) is 14.3 Å². The molecule has 1 aromatic carbocycles. The lowest BCUT2D eigenvalue weighted by Crippen LogP contribution is -2.32. The number of methoxy groups -OCH3 is 1. The average molecular weight is 297 g/mol. The van der Waals surface area contributed by atoms with Crippen molar-refractivity contribution in [2.45, 2.75) is 31.8 Å². The first-order chi connectivity index (χ1) is 9.93. The van der Waals surface area contributed by atoms with Crippen LogP contribution in [0.1, 0.15) is 31.2 Å². The van der Waals surface area contributed by atoms with E-state index in [0.29, 0.717) is 12.0 Å². The number of carboxylic acid groups (broad SMARTS) is 1. The van der Waals surface area contributed by atoms with Crippen LogP contribution in [-0.4, -0.2) is 36.7 Å². The molecule has 1 rings (SSSR count). The van der Waals surface area contributed by atoms with Gasteiger partial charge in [0.15, 0.2) is 0 Å². The quantitative estimate of drug-likeness (QED) is 0.768. The molecule has 1 amide bonds. The van der Waals surface area contributed by atoms with E-state index in [1.165, 1.54) is 24.3 Å². The molecule has 2 unspecified atom stereocenters. The van der Waals surface area contributed by atoms with Crippen molar-refractivity contribution in [3.05, 3.63) is 35.6 Å². The number of rotatable bonds is 8. The van der Waals surface area contributed by atoms with Crippen LogP contribution >= 0.6 is 0 Å². The number of amides is 1. The lowest BCUT2D eigenvalue weighted by molar-refractivity contribution is -0.138. The zero-order valence-corrected chi connectivity index (χ0v) is 12.1. The maximum absolute atomic E-state index is 12.8. The zero-order chi connectivity index (χ0) is 15.8. The van der Waals surface area contributed by atoms with Gasteiger partial charge in [-0.05, 0) is 31.0 Å². The maximum Gasteiger partial charge on any atom is 0.312 e. The minimum absolute atomic E-state index is 0.0249. The summed E-state index contributed by atoms with van der Waals surface area (Å²) in [6, 6.07) is 5.22. The first-order valence-corrected chi connectivity index (χ1v) is 6.71. The fourth-order valence-corrected chi connectivity index (χ4v) is 1.80. The van der Waals surface area contributed by atoms with Crippen LogP contribution in [0, 0.1) is 5.82 Å². The summed E-state index contributed by atoms with van der Waals surface area (Å²) in [7, 11) is 1.57. The van der Waals surface area contributed by atoms with Crippen molar-refractivity contribution in [1.29, 1.82) is 0 Å². The Morgan fingerprint density at radius 2 is 1.95 bits per heavy atom. The molecular weight excluding hydrogens is 277 g/mol. The number of nitrogens with one attached hydrogen (secondary N) is 1. The van der Waals surface area contributed by atoms with Crippen LogP contribution in [0.15, 0.2) is 24.3 Å². The summed E-state index contributed by atoms with van der Waals surface area (Å²) in [6.45, 7) is 1.83. The number of halogens is 1. The Hall–Kier alpha value is -1.95. The molecule has 0 saturated heterocycles. The number of hydrogen-bond donors (Lipinski definition) is 2. The molecule has 6 heteroatoms.